The third-order valence-electron chi connectivity index (χ3n) is 2.85. The van der Waals surface area contributed by atoms with Gasteiger partial charge in [-0.15, -0.1) is 0 Å². The molecule has 0 saturated heterocycles. The fraction of sp³-hybridized carbons (Fsp3) is 1.00. The lowest BCUT2D eigenvalue weighted by atomic mass is 10.1. The minimum absolute atomic E-state index is 0.113. The quantitative estimate of drug-likeness (QED) is 0.497. The molecule has 0 fully saturated rings. The highest BCUT2D eigenvalue weighted by molar-refractivity contribution is 7.89. The van der Waals surface area contributed by atoms with Crippen LogP contribution >= 0.6 is 0 Å². The third-order valence-corrected chi connectivity index (χ3v) is 3.71. The van der Waals surface area contributed by atoms with Crippen LogP contribution in [0.25, 0.3) is 0 Å². The van der Waals surface area contributed by atoms with Gasteiger partial charge in [0.15, 0.2) is 0 Å². The Bertz CT molecular complexity index is 280. The summed E-state index contributed by atoms with van der Waals surface area (Å²) in [5, 5.41) is 4.93. The first-order chi connectivity index (χ1) is 9.06. The van der Waals surface area contributed by atoms with E-state index in [0.717, 1.165) is 51.9 Å². The van der Waals surface area contributed by atoms with E-state index in [2.05, 4.69) is 0 Å². The Morgan fingerprint density at radius 1 is 0.789 bits per heavy atom. The summed E-state index contributed by atoms with van der Waals surface area (Å²) < 4.78 is 31.8. The monoisotopic (exact) mass is 295 g/mol. The summed E-state index contributed by atoms with van der Waals surface area (Å²) in [6.45, 7) is 2.37. The fourth-order valence-corrected chi connectivity index (χ4v) is 2.41. The van der Waals surface area contributed by atoms with Gasteiger partial charge in [-0.3, -0.25) is 0 Å². The molecule has 0 atom stereocenters. The molecule has 0 aliphatic heterocycles. The molecule has 0 amide bonds. The highest BCUT2D eigenvalue weighted by Gasteiger charge is 2.01. The normalized spacial score (nSPS) is 11.9. The number of ether oxygens (including phenoxy) is 2. The van der Waals surface area contributed by atoms with Crippen molar-refractivity contribution in [2.75, 3.05) is 32.7 Å². The van der Waals surface area contributed by atoms with E-state index in [0.29, 0.717) is 6.42 Å². The molecule has 2 N–H and O–H groups in total. The molecule has 0 aromatic rings. The van der Waals surface area contributed by atoms with Crippen molar-refractivity contribution in [2.24, 2.45) is 5.14 Å². The molecule has 116 valence electrons. The van der Waals surface area contributed by atoms with Crippen LogP contribution < -0.4 is 5.14 Å². The minimum atomic E-state index is -3.26. The number of methoxy groups -OCH3 is 1. The summed E-state index contributed by atoms with van der Waals surface area (Å²) in [6.07, 6.45) is 8.31. The molecule has 0 heterocycles. The van der Waals surface area contributed by atoms with Crippen LogP contribution in [0.1, 0.15) is 51.4 Å². The van der Waals surface area contributed by atoms with E-state index in [1.807, 2.05) is 0 Å². The van der Waals surface area contributed by atoms with Gasteiger partial charge in [0.1, 0.15) is 0 Å². The zero-order valence-corrected chi connectivity index (χ0v) is 12.9. The van der Waals surface area contributed by atoms with Crippen molar-refractivity contribution in [1.82, 2.24) is 0 Å². The van der Waals surface area contributed by atoms with E-state index in [-0.39, 0.29) is 5.75 Å². The van der Waals surface area contributed by atoms with Crippen molar-refractivity contribution >= 4 is 10.0 Å². The summed E-state index contributed by atoms with van der Waals surface area (Å²) in [7, 11) is -1.57. The smallest absolute Gasteiger partial charge is 0.209 e. The SMILES string of the molecule is COCCCOCCCCCCCCCS(N)(=O)=O. The molecule has 5 nitrogen and oxygen atoms in total. The van der Waals surface area contributed by atoms with Gasteiger partial charge in [-0.05, 0) is 19.3 Å². The molecule has 0 unspecified atom stereocenters. The Labute approximate surface area is 117 Å². The molecule has 0 aromatic heterocycles. The lowest BCUT2D eigenvalue weighted by Crippen LogP contribution is -2.16. The number of hydrogen-bond donors (Lipinski definition) is 1. The molecule has 0 radical (unpaired) electrons. The number of nitrogens with two attached hydrogens (primary N) is 1. The van der Waals surface area contributed by atoms with Crippen molar-refractivity contribution < 1.29 is 17.9 Å². The number of unbranched alkanes of at least 4 members (excludes halogenated alkanes) is 6. The van der Waals surface area contributed by atoms with Gasteiger partial charge in [-0.25, -0.2) is 13.6 Å². The van der Waals surface area contributed by atoms with Crippen molar-refractivity contribution in [3.63, 3.8) is 0 Å². The van der Waals surface area contributed by atoms with E-state index in [1.54, 1.807) is 7.11 Å². The Morgan fingerprint density at radius 2 is 1.32 bits per heavy atom. The van der Waals surface area contributed by atoms with Crippen LogP contribution in [0.3, 0.4) is 0 Å². The maximum Gasteiger partial charge on any atom is 0.209 e. The number of rotatable bonds is 14. The zero-order valence-electron chi connectivity index (χ0n) is 12.1. The zero-order chi connectivity index (χ0) is 14.4. The van der Waals surface area contributed by atoms with E-state index in [4.69, 9.17) is 14.6 Å². The maximum atomic E-state index is 10.7. The highest BCUT2D eigenvalue weighted by atomic mass is 32.2. The number of primary sulfonamides is 1. The topological polar surface area (TPSA) is 78.6 Å². The Hall–Kier alpha value is -0.170. The first-order valence-corrected chi connectivity index (χ1v) is 8.85. The molecule has 6 heteroatoms. The molecule has 0 aliphatic rings. The van der Waals surface area contributed by atoms with E-state index in [1.165, 1.54) is 12.8 Å². The summed E-state index contributed by atoms with van der Waals surface area (Å²) >= 11 is 0. The van der Waals surface area contributed by atoms with Crippen molar-refractivity contribution in [1.29, 1.82) is 0 Å². The molecule has 0 aromatic carbocycles. The van der Waals surface area contributed by atoms with Gasteiger partial charge in [0, 0.05) is 26.9 Å². The van der Waals surface area contributed by atoms with E-state index >= 15 is 0 Å². The summed E-state index contributed by atoms with van der Waals surface area (Å²) in [4.78, 5) is 0. The molecule has 19 heavy (non-hydrogen) atoms. The summed E-state index contributed by atoms with van der Waals surface area (Å²) in [6, 6.07) is 0. The van der Waals surface area contributed by atoms with E-state index in [9.17, 15) is 8.42 Å². The minimum Gasteiger partial charge on any atom is -0.385 e. The second-order valence-electron chi connectivity index (χ2n) is 4.80. The second kappa shape index (κ2) is 12.8. The Kier molecular flexibility index (Phi) is 12.7. The van der Waals surface area contributed by atoms with Crippen LogP contribution in [-0.4, -0.2) is 41.1 Å². The first-order valence-electron chi connectivity index (χ1n) is 7.13. The van der Waals surface area contributed by atoms with E-state index < -0.39 is 10.0 Å². The largest absolute Gasteiger partial charge is 0.385 e. The van der Waals surface area contributed by atoms with Crippen LogP contribution in [0.5, 0.6) is 0 Å². The maximum absolute atomic E-state index is 10.7. The lowest BCUT2D eigenvalue weighted by molar-refractivity contribution is 0.100. The number of sulfonamides is 1. The lowest BCUT2D eigenvalue weighted by Gasteiger charge is -2.04. The van der Waals surface area contributed by atoms with Gasteiger partial charge in [0.2, 0.25) is 10.0 Å². The second-order valence-corrected chi connectivity index (χ2v) is 6.53. The van der Waals surface area contributed by atoms with Crippen molar-refractivity contribution in [3.05, 3.63) is 0 Å². The van der Waals surface area contributed by atoms with Crippen LogP contribution in [0, 0.1) is 0 Å². The molecule has 0 aliphatic carbocycles. The van der Waals surface area contributed by atoms with Gasteiger partial charge in [0.05, 0.1) is 5.75 Å². The van der Waals surface area contributed by atoms with Gasteiger partial charge < -0.3 is 9.47 Å². The molecule has 0 bridgehead atoms. The predicted molar refractivity (Wildman–Crippen MR) is 77.6 cm³/mol. The average molecular weight is 295 g/mol. The van der Waals surface area contributed by atoms with Crippen LogP contribution in [-0.2, 0) is 19.5 Å². The van der Waals surface area contributed by atoms with Crippen LogP contribution in [0.2, 0.25) is 0 Å². The third kappa shape index (κ3) is 17.8. The number of hydrogen-bond acceptors (Lipinski definition) is 4. The predicted octanol–water partition coefficient (Wildman–Crippen LogP) is 2.06. The molecule has 0 rings (SSSR count). The fourth-order valence-electron chi connectivity index (χ4n) is 1.80. The average Bonchev–Trinajstić information content (AvgIpc) is 2.34. The molecular weight excluding hydrogens is 266 g/mol. The van der Waals surface area contributed by atoms with Crippen molar-refractivity contribution in [3.8, 4) is 0 Å². The van der Waals surface area contributed by atoms with Crippen LogP contribution in [0.4, 0.5) is 0 Å². The van der Waals surface area contributed by atoms with Crippen molar-refractivity contribution in [2.45, 2.75) is 51.4 Å². The molecular formula is C13H29NO4S. The van der Waals surface area contributed by atoms with Gasteiger partial charge >= 0.3 is 0 Å². The standard InChI is InChI=1S/C13H29NO4S/c1-17-10-9-12-18-11-7-5-3-2-4-6-8-13-19(14,15)16/h2-13H2,1H3,(H2,14,15,16). The summed E-state index contributed by atoms with van der Waals surface area (Å²) in [5.41, 5.74) is 0. The first kappa shape index (κ1) is 18.8. The Morgan fingerprint density at radius 3 is 1.89 bits per heavy atom. The molecule has 0 spiro atoms. The summed E-state index contributed by atoms with van der Waals surface area (Å²) in [5.74, 6) is 0.113. The Balaban J connectivity index is 3.03. The highest BCUT2D eigenvalue weighted by Crippen LogP contribution is 2.07. The van der Waals surface area contributed by atoms with Gasteiger partial charge in [-0.1, -0.05) is 32.1 Å². The van der Waals surface area contributed by atoms with Crippen LogP contribution in [0.15, 0.2) is 0 Å². The van der Waals surface area contributed by atoms with Gasteiger partial charge in [0.25, 0.3) is 0 Å². The molecule has 0 saturated carbocycles. The van der Waals surface area contributed by atoms with Gasteiger partial charge in [-0.2, -0.15) is 0 Å².